The van der Waals surface area contributed by atoms with Crippen LogP contribution in [0.3, 0.4) is 0 Å². The fourth-order valence-corrected chi connectivity index (χ4v) is 4.38. The summed E-state index contributed by atoms with van der Waals surface area (Å²) in [6, 6.07) is 0. The first kappa shape index (κ1) is 17.8. The molecule has 128 valence electrons. The standard InChI is InChI=1S/C16H32N2O3Si/c1-15(2,3)22(4,5)21-11-13-10-18(14(19)20)12-16(13)8-6-7-9-17-16/h13,17H,6-12H2,1-5H3,(H,19,20)/t13-,16?/m1/s1. The van der Waals surface area contributed by atoms with E-state index in [9.17, 15) is 9.90 Å². The van der Waals surface area contributed by atoms with Gasteiger partial charge in [0.2, 0.25) is 0 Å². The molecule has 2 atom stereocenters. The van der Waals surface area contributed by atoms with Crippen molar-refractivity contribution in [3.63, 3.8) is 0 Å². The van der Waals surface area contributed by atoms with Crippen LogP contribution < -0.4 is 5.32 Å². The van der Waals surface area contributed by atoms with Gasteiger partial charge in [0.1, 0.15) is 0 Å². The normalized spacial score (nSPS) is 30.0. The minimum absolute atomic E-state index is 0.0704. The molecule has 2 aliphatic heterocycles. The molecule has 0 radical (unpaired) electrons. The first-order chi connectivity index (χ1) is 10.1. The van der Waals surface area contributed by atoms with E-state index in [4.69, 9.17) is 4.43 Å². The third kappa shape index (κ3) is 3.49. The van der Waals surface area contributed by atoms with Crippen LogP contribution in [-0.4, -0.2) is 56.2 Å². The molecule has 1 unspecified atom stereocenters. The van der Waals surface area contributed by atoms with Gasteiger partial charge in [-0.05, 0) is 37.5 Å². The summed E-state index contributed by atoms with van der Waals surface area (Å²) in [5.74, 6) is 0.262. The number of hydrogen-bond donors (Lipinski definition) is 2. The minimum Gasteiger partial charge on any atom is -0.465 e. The molecule has 0 aliphatic carbocycles. The van der Waals surface area contributed by atoms with Crippen molar-refractivity contribution in [1.82, 2.24) is 10.2 Å². The molecule has 0 aromatic carbocycles. The third-order valence-corrected chi connectivity index (χ3v) is 10.4. The number of carboxylic acid groups (broad SMARTS) is 1. The van der Waals surface area contributed by atoms with Gasteiger partial charge in [0.15, 0.2) is 8.32 Å². The summed E-state index contributed by atoms with van der Waals surface area (Å²) in [6.07, 6.45) is 2.62. The molecule has 1 amide bonds. The van der Waals surface area contributed by atoms with Gasteiger partial charge in [0.05, 0.1) is 0 Å². The van der Waals surface area contributed by atoms with Crippen LogP contribution in [0, 0.1) is 5.92 Å². The molecule has 0 saturated carbocycles. The predicted molar refractivity (Wildman–Crippen MR) is 90.8 cm³/mol. The molecule has 2 saturated heterocycles. The summed E-state index contributed by atoms with van der Waals surface area (Å²) in [5.41, 5.74) is -0.0704. The van der Waals surface area contributed by atoms with E-state index >= 15 is 0 Å². The van der Waals surface area contributed by atoms with Gasteiger partial charge < -0.3 is 19.7 Å². The highest BCUT2D eigenvalue weighted by Gasteiger charge is 2.49. The number of carbonyl (C=O) groups is 1. The van der Waals surface area contributed by atoms with E-state index in [1.807, 2.05) is 0 Å². The lowest BCUT2D eigenvalue weighted by Crippen LogP contribution is -2.56. The van der Waals surface area contributed by atoms with Gasteiger partial charge in [0, 0.05) is 31.2 Å². The first-order valence-electron chi connectivity index (χ1n) is 8.44. The van der Waals surface area contributed by atoms with Crippen LogP contribution in [0.15, 0.2) is 0 Å². The second-order valence-corrected chi connectivity index (χ2v) is 13.3. The van der Waals surface area contributed by atoms with Crippen LogP contribution in [0.1, 0.15) is 40.0 Å². The zero-order chi connectivity index (χ0) is 16.6. The van der Waals surface area contributed by atoms with Crippen molar-refractivity contribution in [2.75, 3.05) is 26.2 Å². The fraction of sp³-hybridized carbons (Fsp3) is 0.938. The number of piperidine rings is 1. The Morgan fingerprint density at radius 1 is 1.41 bits per heavy atom. The van der Waals surface area contributed by atoms with Gasteiger partial charge in [0.25, 0.3) is 0 Å². The lowest BCUT2D eigenvalue weighted by molar-refractivity contribution is 0.140. The second kappa shape index (κ2) is 6.13. The Hall–Kier alpha value is -0.593. The molecule has 6 heteroatoms. The number of nitrogens with one attached hydrogen (secondary N) is 1. The van der Waals surface area contributed by atoms with Crippen LogP contribution in [0.2, 0.25) is 18.1 Å². The SMILES string of the molecule is CC(C)(C)[Si](C)(C)OC[C@H]1CN(C(=O)O)CC12CCCCN2. The molecule has 1 spiro atoms. The smallest absolute Gasteiger partial charge is 0.407 e. The lowest BCUT2D eigenvalue weighted by atomic mass is 9.80. The van der Waals surface area contributed by atoms with Gasteiger partial charge in [-0.3, -0.25) is 0 Å². The summed E-state index contributed by atoms with van der Waals surface area (Å²) in [5, 5.41) is 13.2. The van der Waals surface area contributed by atoms with E-state index in [1.54, 1.807) is 4.90 Å². The van der Waals surface area contributed by atoms with Crippen molar-refractivity contribution in [2.24, 2.45) is 5.92 Å². The maximum atomic E-state index is 11.4. The van der Waals surface area contributed by atoms with Crippen LogP contribution >= 0.6 is 0 Å². The quantitative estimate of drug-likeness (QED) is 0.781. The van der Waals surface area contributed by atoms with E-state index in [1.165, 1.54) is 12.8 Å². The highest BCUT2D eigenvalue weighted by atomic mass is 28.4. The Kier molecular flexibility index (Phi) is 4.95. The van der Waals surface area contributed by atoms with E-state index < -0.39 is 14.4 Å². The number of nitrogens with zero attached hydrogens (tertiary/aromatic N) is 1. The molecule has 2 rings (SSSR count). The van der Waals surface area contributed by atoms with Crippen molar-refractivity contribution in [2.45, 2.75) is 63.7 Å². The maximum absolute atomic E-state index is 11.4. The monoisotopic (exact) mass is 328 g/mol. The topological polar surface area (TPSA) is 61.8 Å². The van der Waals surface area contributed by atoms with Gasteiger partial charge in [-0.25, -0.2) is 4.79 Å². The highest BCUT2D eigenvalue weighted by molar-refractivity contribution is 6.74. The molecule has 0 aromatic rings. The summed E-state index contributed by atoms with van der Waals surface area (Å²) >= 11 is 0. The predicted octanol–water partition coefficient (Wildman–Crippen LogP) is 3.13. The number of likely N-dealkylation sites (tertiary alicyclic amines) is 1. The minimum atomic E-state index is -1.80. The number of rotatable bonds is 3. The van der Waals surface area contributed by atoms with Crippen molar-refractivity contribution in [3.05, 3.63) is 0 Å². The van der Waals surface area contributed by atoms with Crippen molar-refractivity contribution in [3.8, 4) is 0 Å². The molecular weight excluding hydrogens is 296 g/mol. The number of hydrogen-bond acceptors (Lipinski definition) is 3. The fourth-order valence-electron chi connectivity index (χ4n) is 3.33. The third-order valence-electron chi connectivity index (χ3n) is 5.94. The van der Waals surface area contributed by atoms with E-state index in [0.29, 0.717) is 19.7 Å². The first-order valence-corrected chi connectivity index (χ1v) is 11.4. The molecule has 2 heterocycles. The van der Waals surface area contributed by atoms with Crippen LogP contribution in [0.25, 0.3) is 0 Å². The zero-order valence-corrected chi connectivity index (χ0v) is 15.7. The Labute approximate surface area is 135 Å². The molecule has 2 fully saturated rings. The average Bonchev–Trinajstić information content (AvgIpc) is 2.75. The van der Waals surface area contributed by atoms with Crippen LogP contribution in [-0.2, 0) is 4.43 Å². The summed E-state index contributed by atoms with van der Waals surface area (Å²) in [4.78, 5) is 13.0. The Balaban J connectivity index is 2.08. The molecule has 2 aliphatic rings. The van der Waals surface area contributed by atoms with Crippen molar-refractivity contribution in [1.29, 1.82) is 0 Å². The Bertz CT molecular complexity index is 414. The van der Waals surface area contributed by atoms with Gasteiger partial charge in [-0.1, -0.05) is 27.2 Å². The largest absolute Gasteiger partial charge is 0.465 e. The summed E-state index contributed by atoms with van der Waals surface area (Å²) in [6.45, 7) is 14.1. The Morgan fingerprint density at radius 3 is 2.59 bits per heavy atom. The average molecular weight is 329 g/mol. The van der Waals surface area contributed by atoms with Gasteiger partial charge >= 0.3 is 6.09 Å². The molecule has 2 N–H and O–H groups in total. The van der Waals surface area contributed by atoms with Gasteiger partial charge in [-0.2, -0.15) is 0 Å². The van der Waals surface area contributed by atoms with Crippen LogP contribution in [0.5, 0.6) is 0 Å². The second-order valence-electron chi connectivity index (χ2n) is 8.47. The Morgan fingerprint density at radius 2 is 2.09 bits per heavy atom. The molecular formula is C16H32N2O3Si. The molecule has 5 nitrogen and oxygen atoms in total. The zero-order valence-electron chi connectivity index (χ0n) is 14.7. The molecule has 0 aromatic heterocycles. The summed E-state index contributed by atoms with van der Waals surface area (Å²) in [7, 11) is -1.80. The van der Waals surface area contributed by atoms with Crippen molar-refractivity contribution >= 4 is 14.4 Å². The van der Waals surface area contributed by atoms with E-state index in [-0.39, 0.29) is 16.5 Å². The van der Waals surface area contributed by atoms with Crippen LogP contribution in [0.4, 0.5) is 4.79 Å². The highest BCUT2D eigenvalue weighted by Crippen LogP contribution is 2.39. The maximum Gasteiger partial charge on any atom is 0.407 e. The van der Waals surface area contributed by atoms with E-state index in [2.05, 4.69) is 39.2 Å². The summed E-state index contributed by atoms with van der Waals surface area (Å²) < 4.78 is 6.41. The van der Waals surface area contributed by atoms with Crippen molar-refractivity contribution < 1.29 is 14.3 Å². The van der Waals surface area contributed by atoms with Gasteiger partial charge in [-0.15, -0.1) is 0 Å². The lowest BCUT2D eigenvalue weighted by Gasteiger charge is -2.42. The number of amides is 1. The molecule has 0 bridgehead atoms. The molecule has 22 heavy (non-hydrogen) atoms. The van der Waals surface area contributed by atoms with E-state index in [0.717, 1.165) is 13.0 Å².